The number of fused-ring (bicyclic) bond motifs is 6. The molecule has 3 heterocycles. The zero-order valence-electron chi connectivity index (χ0n) is 24.0. The third-order valence-corrected chi connectivity index (χ3v) is 8.07. The van der Waals surface area contributed by atoms with Crippen molar-refractivity contribution in [2.75, 3.05) is 0 Å². The van der Waals surface area contributed by atoms with E-state index >= 15 is 0 Å². The first kappa shape index (κ1) is 24.6. The Morgan fingerprint density at radius 2 is 0.800 bits per heavy atom. The van der Waals surface area contributed by atoms with Gasteiger partial charge in [0.15, 0.2) is 11.3 Å². The molecule has 0 saturated heterocycles. The molecule has 0 spiro atoms. The van der Waals surface area contributed by atoms with Crippen molar-refractivity contribution in [3.63, 3.8) is 0 Å². The minimum atomic E-state index is 0.0955. The number of para-hydroxylation sites is 2. The summed E-state index contributed by atoms with van der Waals surface area (Å²) in [7, 11) is 0. The van der Waals surface area contributed by atoms with Gasteiger partial charge in [0.2, 0.25) is 0 Å². The first-order valence-corrected chi connectivity index (χ1v) is 14.0. The predicted molar refractivity (Wildman–Crippen MR) is 168 cm³/mol. The van der Waals surface area contributed by atoms with Crippen LogP contribution in [0.3, 0.4) is 0 Å². The van der Waals surface area contributed by atoms with Crippen molar-refractivity contribution in [3.8, 4) is 11.4 Å². The summed E-state index contributed by atoms with van der Waals surface area (Å²) in [6.07, 6.45) is 0. The van der Waals surface area contributed by atoms with Crippen LogP contribution < -0.4 is 0 Å². The highest BCUT2D eigenvalue weighted by Crippen LogP contribution is 2.36. The number of benzene rings is 4. The van der Waals surface area contributed by atoms with Crippen molar-refractivity contribution in [2.45, 2.75) is 52.4 Å². The molecule has 0 bridgehead atoms. The molecule has 3 aromatic heterocycles. The molecule has 0 aliphatic rings. The zero-order chi connectivity index (χ0) is 27.8. The molecular formula is C36H34N4. The van der Waals surface area contributed by atoms with E-state index in [1.807, 2.05) is 0 Å². The number of rotatable bonds is 2. The summed E-state index contributed by atoms with van der Waals surface area (Å²) >= 11 is 0. The van der Waals surface area contributed by atoms with Crippen LogP contribution in [0, 0.1) is 0 Å². The molecule has 0 fully saturated rings. The Bertz CT molecular complexity index is 1890. The van der Waals surface area contributed by atoms with Crippen LogP contribution in [0.2, 0.25) is 0 Å². The van der Waals surface area contributed by atoms with Crippen molar-refractivity contribution in [3.05, 3.63) is 108 Å². The maximum absolute atomic E-state index is 5.37. The molecule has 198 valence electrons. The topological polar surface area (TPSA) is 35.6 Å². The molecule has 0 saturated carbocycles. The van der Waals surface area contributed by atoms with Gasteiger partial charge in [-0.3, -0.25) is 9.13 Å². The average molecular weight is 523 g/mol. The van der Waals surface area contributed by atoms with E-state index < -0.39 is 0 Å². The van der Waals surface area contributed by atoms with E-state index in [4.69, 9.17) is 9.97 Å². The second-order valence-corrected chi connectivity index (χ2v) is 12.9. The highest BCUT2D eigenvalue weighted by molar-refractivity contribution is 6.12. The summed E-state index contributed by atoms with van der Waals surface area (Å²) in [6, 6.07) is 34.7. The van der Waals surface area contributed by atoms with E-state index in [-0.39, 0.29) is 10.8 Å². The molecule has 7 aromatic rings. The molecule has 0 atom stereocenters. The highest BCUT2D eigenvalue weighted by Gasteiger charge is 2.22. The maximum Gasteiger partial charge on any atom is 0.165 e. The summed E-state index contributed by atoms with van der Waals surface area (Å²) in [5, 5.41) is 2.21. The molecule has 4 heteroatoms. The largest absolute Gasteiger partial charge is 0.293 e. The van der Waals surface area contributed by atoms with Crippen LogP contribution in [0.25, 0.3) is 55.5 Å². The smallest absolute Gasteiger partial charge is 0.165 e. The SMILES string of the molecule is CC(C)(C)c1ccc(-n2c3ccccc3c3nc4c(nc32)c2ccccc2n4-c2ccc(C(C)(C)C)cc2)cc1. The monoisotopic (exact) mass is 522 g/mol. The van der Waals surface area contributed by atoms with Gasteiger partial charge in [-0.25, -0.2) is 9.97 Å². The van der Waals surface area contributed by atoms with Crippen molar-refractivity contribution < 1.29 is 0 Å². The molecule has 4 nitrogen and oxygen atoms in total. The Kier molecular flexibility index (Phi) is 5.24. The summed E-state index contributed by atoms with van der Waals surface area (Å²) in [5.74, 6) is 0. The summed E-state index contributed by atoms with van der Waals surface area (Å²) in [6.45, 7) is 13.5. The molecule has 40 heavy (non-hydrogen) atoms. The standard InChI is InChI=1S/C36H34N4/c1-35(2,3)23-15-19-25(20-16-23)39-29-13-9-7-11-27(29)31-33(39)37-32-28-12-8-10-14-30(28)40(34(32)38-31)26-21-17-24(18-22-26)36(4,5)6/h7-22H,1-6H3. The number of nitrogens with zero attached hydrogens (tertiary/aromatic N) is 4. The molecule has 0 aliphatic heterocycles. The van der Waals surface area contributed by atoms with Gasteiger partial charge in [0.1, 0.15) is 11.0 Å². The third-order valence-electron chi connectivity index (χ3n) is 8.07. The number of aromatic nitrogens is 4. The molecule has 0 N–H and O–H groups in total. The quantitative estimate of drug-likeness (QED) is 0.227. The second-order valence-electron chi connectivity index (χ2n) is 12.9. The molecule has 0 aliphatic carbocycles. The van der Waals surface area contributed by atoms with Gasteiger partial charge < -0.3 is 0 Å². The highest BCUT2D eigenvalue weighted by atomic mass is 15.1. The average Bonchev–Trinajstić information content (AvgIpc) is 3.43. The van der Waals surface area contributed by atoms with E-state index in [0.717, 1.165) is 55.5 Å². The fourth-order valence-electron chi connectivity index (χ4n) is 5.80. The minimum Gasteiger partial charge on any atom is -0.293 e. The van der Waals surface area contributed by atoms with Gasteiger partial charge in [0.25, 0.3) is 0 Å². The third kappa shape index (κ3) is 3.74. The summed E-state index contributed by atoms with van der Waals surface area (Å²) < 4.78 is 4.52. The van der Waals surface area contributed by atoms with Gasteiger partial charge in [-0.05, 0) is 58.4 Å². The fraction of sp³-hybridized carbons (Fsp3) is 0.222. The van der Waals surface area contributed by atoms with Crippen LogP contribution in [0.5, 0.6) is 0 Å². The van der Waals surface area contributed by atoms with Crippen LogP contribution in [-0.4, -0.2) is 19.1 Å². The molecular weight excluding hydrogens is 488 g/mol. The van der Waals surface area contributed by atoms with Crippen LogP contribution in [0.4, 0.5) is 0 Å². The van der Waals surface area contributed by atoms with E-state index in [0.29, 0.717) is 0 Å². The fourth-order valence-corrected chi connectivity index (χ4v) is 5.80. The maximum atomic E-state index is 5.37. The van der Waals surface area contributed by atoms with E-state index in [2.05, 4.69) is 148 Å². The van der Waals surface area contributed by atoms with Crippen molar-refractivity contribution in [1.82, 2.24) is 19.1 Å². The molecule has 0 amide bonds. The molecule has 0 unspecified atom stereocenters. The first-order chi connectivity index (χ1) is 19.1. The predicted octanol–water partition coefficient (Wildman–Crippen LogP) is 9.27. The molecule has 0 radical (unpaired) electrons. The first-order valence-electron chi connectivity index (χ1n) is 14.0. The lowest BCUT2D eigenvalue weighted by Crippen LogP contribution is -2.11. The number of hydrogen-bond acceptors (Lipinski definition) is 2. The molecule has 4 aromatic carbocycles. The Labute approximate surface area is 234 Å². The van der Waals surface area contributed by atoms with Gasteiger partial charge in [0.05, 0.1) is 11.0 Å². The van der Waals surface area contributed by atoms with Gasteiger partial charge in [-0.15, -0.1) is 0 Å². The van der Waals surface area contributed by atoms with Crippen molar-refractivity contribution in [1.29, 1.82) is 0 Å². The summed E-state index contributed by atoms with van der Waals surface area (Å²) in [4.78, 5) is 10.7. The normalized spacial score (nSPS) is 12.8. The van der Waals surface area contributed by atoms with Crippen molar-refractivity contribution >= 4 is 44.1 Å². The van der Waals surface area contributed by atoms with Crippen LogP contribution >= 0.6 is 0 Å². The Balaban J connectivity index is 1.54. The van der Waals surface area contributed by atoms with Gasteiger partial charge in [-0.1, -0.05) is 102 Å². The summed E-state index contributed by atoms with van der Waals surface area (Å²) in [5.41, 5.74) is 10.8. The van der Waals surface area contributed by atoms with Crippen LogP contribution in [0.1, 0.15) is 52.7 Å². The van der Waals surface area contributed by atoms with Crippen LogP contribution in [-0.2, 0) is 10.8 Å². The number of hydrogen-bond donors (Lipinski definition) is 0. The minimum absolute atomic E-state index is 0.0955. The Morgan fingerprint density at radius 1 is 0.450 bits per heavy atom. The molecule has 7 rings (SSSR count). The zero-order valence-corrected chi connectivity index (χ0v) is 24.0. The second kappa shape index (κ2) is 8.53. The van der Waals surface area contributed by atoms with Gasteiger partial charge >= 0.3 is 0 Å². The lowest BCUT2D eigenvalue weighted by Gasteiger charge is -2.19. The van der Waals surface area contributed by atoms with Crippen LogP contribution in [0.15, 0.2) is 97.1 Å². The lowest BCUT2D eigenvalue weighted by molar-refractivity contribution is 0.590. The lowest BCUT2D eigenvalue weighted by atomic mass is 9.87. The Hall–Kier alpha value is -4.44. The van der Waals surface area contributed by atoms with E-state index in [1.165, 1.54) is 11.1 Å². The van der Waals surface area contributed by atoms with Gasteiger partial charge in [-0.2, -0.15) is 0 Å². The van der Waals surface area contributed by atoms with E-state index in [9.17, 15) is 0 Å². The Morgan fingerprint density at radius 3 is 1.15 bits per heavy atom. The van der Waals surface area contributed by atoms with Gasteiger partial charge in [0, 0.05) is 22.1 Å². The van der Waals surface area contributed by atoms with Crippen molar-refractivity contribution in [2.24, 2.45) is 0 Å². The van der Waals surface area contributed by atoms with E-state index in [1.54, 1.807) is 0 Å².